The monoisotopic (exact) mass is 277 g/mol. The zero-order valence-electron chi connectivity index (χ0n) is 11.2. The Morgan fingerprint density at radius 2 is 2.11 bits per heavy atom. The molecule has 3 N–H and O–H groups in total. The van der Waals surface area contributed by atoms with Gasteiger partial charge in [0.25, 0.3) is 0 Å². The second-order valence-electron chi connectivity index (χ2n) is 4.58. The fourth-order valence-corrected chi connectivity index (χ4v) is 2.66. The molecule has 0 bridgehead atoms. The van der Waals surface area contributed by atoms with Crippen molar-refractivity contribution in [3.8, 4) is 11.1 Å². The Kier molecular flexibility index (Phi) is 4.76. The van der Waals surface area contributed by atoms with Crippen LogP contribution in [0.4, 0.5) is 10.8 Å². The number of aromatic nitrogens is 1. The highest BCUT2D eigenvalue weighted by Gasteiger charge is 2.13. The van der Waals surface area contributed by atoms with Gasteiger partial charge in [-0.15, -0.1) is 0 Å². The molecule has 0 aliphatic carbocycles. The molecule has 0 saturated heterocycles. The molecule has 1 aromatic heterocycles. The fraction of sp³-hybridized carbons (Fsp3) is 0.357. The molecule has 0 aliphatic heterocycles. The lowest BCUT2D eigenvalue weighted by Crippen LogP contribution is -2.15. The summed E-state index contributed by atoms with van der Waals surface area (Å²) in [5.41, 5.74) is 8.06. The highest BCUT2D eigenvalue weighted by Crippen LogP contribution is 2.36. The molecule has 0 amide bonds. The predicted molar refractivity (Wildman–Crippen MR) is 81.5 cm³/mol. The molecule has 2 aromatic rings. The molecule has 0 saturated carbocycles. The van der Waals surface area contributed by atoms with Crippen LogP contribution in [-0.4, -0.2) is 24.6 Å². The summed E-state index contributed by atoms with van der Waals surface area (Å²) in [6.07, 6.45) is 0. The van der Waals surface area contributed by atoms with Gasteiger partial charge in [0.15, 0.2) is 0 Å². The largest absolute Gasteiger partial charge is 0.384 e. The number of nitrogens with two attached hydrogens (primary N) is 1. The fourth-order valence-electron chi connectivity index (χ4n) is 1.92. The van der Waals surface area contributed by atoms with Crippen LogP contribution in [0.15, 0.2) is 30.3 Å². The van der Waals surface area contributed by atoms with E-state index in [4.69, 9.17) is 10.5 Å². The third-order valence-corrected chi connectivity index (χ3v) is 3.66. The van der Waals surface area contributed by atoms with Gasteiger partial charge in [-0.2, -0.15) is 4.37 Å². The third kappa shape index (κ3) is 3.45. The van der Waals surface area contributed by atoms with Gasteiger partial charge in [-0.3, -0.25) is 0 Å². The topological polar surface area (TPSA) is 60.2 Å². The van der Waals surface area contributed by atoms with Crippen LogP contribution in [0.3, 0.4) is 0 Å². The van der Waals surface area contributed by atoms with Crippen LogP contribution in [0.25, 0.3) is 11.1 Å². The van der Waals surface area contributed by atoms with E-state index in [1.165, 1.54) is 11.5 Å². The quantitative estimate of drug-likeness (QED) is 0.852. The number of methoxy groups -OCH3 is 1. The average molecular weight is 277 g/mol. The van der Waals surface area contributed by atoms with Crippen molar-refractivity contribution in [3.63, 3.8) is 0 Å². The van der Waals surface area contributed by atoms with E-state index < -0.39 is 0 Å². The Morgan fingerprint density at radius 1 is 1.37 bits per heavy atom. The number of hydrogen-bond donors (Lipinski definition) is 2. The lowest BCUT2D eigenvalue weighted by atomic mass is 10.1. The van der Waals surface area contributed by atoms with Crippen molar-refractivity contribution in [2.75, 3.05) is 31.3 Å². The molecule has 0 radical (unpaired) electrons. The van der Waals surface area contributed by atoms with Crippen molar-refractivity contribution in [1.82, 2.24) is 4.37 Å². The molecule has 5 heteroatoms. The van der Waals surface area contributed by atoms with Crippen LogP contribution in [-0.2, 0) is 4.74 Å². The van der Waals surface area contributed by atoms with Crippen LogP contribution >= 0.6 is 11.5 Å². The first-order chi connectivity index (χ1) is 9.22. The summed E-state index contributed by atoms with van der Waals surface area (Å²) in [6.45, 7) is 3.72. The van der Waals surface area contributed by atoms with E-state index in [-0.39, 0.29) is 0 Å². The maximum absolute atomic E-state index is 5.97. The Labute approximate surface area is 117 Å². The Balaban J connectivity index is 2.14. The highest BCUT2D eigenvalue weighted by atomic mass is 32.1. The smallest absolute Gasteiger partial charge is 0.147 e. The van der Waals surface area contributed by atoms with Crippen molar-refractivity contribution in [3.05, 3.63) is 30.3 Å². The molecule has 0 fully saturated rings. The van der Waals surface area contributed by atoms with Gasteiger partial charge in [0.1, 0.15) is 10.8 Å². The SMILES string of the molecule is COCC(C)CNc1snc(N)c1-c1ccccc1. The molecule has 4 nitrogen and oxygen atoms in total. The van der Waals surface area contributed by atoms with Crippen LogP contribution in [0, 0.1) is 5.92 Å². The number of nitrogen functional groups attached to an aromatic ring is 1. The number of benzene rings is 1. The zero-order valence-corrected chi connectivity index (χ0v) is 12.0. The maximum atomic E-state index is 5.97. The van der Waals surface area contributed by atoms with Gasteiger partial charge in [-0.25, -0.2) is 0 Å². The zero-order chi connectivity index (χ0) is 13.7. The maximum Gasteiger partial charge on any atom is 0.147 e. The van der Waals surface area contributed by atoms with Gasteiger partial charge in [-0.1, -0.05) is 37.3 Å². The molecule has 1 atom stereocenters. The number of anilines is 2. The molecule has 19 heavy (non-hydrogen) atoms. The van der Waals surface area contributed by atoms with Crippen molar-refractivity contribution >= 4 is 22.4 Å². The van der Waals surface area contributed by atoms with Crippen LogP contribution in [0.2, 0.25) is 0 Å². The van der Waals surface area contributed by atoms with Crippen molar-refractivity contribution < 1.29 is 4.74 Å². The summed E-state index contributed by atoms with van der Waals surface area (Å²) >= 11 is 1.40. The second-order valence-corrected chi connectivity index (χ2v) is 5.35. The summed E-state index contributed by atoms with van der Waals surface area (Å²) in [6, 6.07) is 10.1. The summed E-state index contributed by atoms with van der Waals surface area (Å²) in [4.78, 5) is 0. The van der Waals surface area contributed by atoms with Crippen molar-refractivity contribution in [1.29, 1.82) is 0 Å². The van der Waals surface area contributed by atoms with Gasteiger partial charge in [0, 0.05) is 13.7 Å². The standard InChI is InChI=1S/C14H19N3OS/c1-10(9-18-2)8-16-14-12(13(15)17-19-14)11-6-4-3-5-7-11/h3-7,10,16H,8-9H2,1-2H3,(H2,15,17). The molecule has 102 valence electrons. The van der Waals surface area contributed by atoms with Crippen molar-refractivity contribution in [2.24, 2.45) is 5.92 Å². The van der Waals surface area contributed by atoms with Crippen molar-refractivity contribution in [2.45, 2.75) is 6.92 Å². The summed E-state index contributed by atoms with van der Waals surface area (Å²) in [5, 5.41) is 4.43. The van der Waals surface area contributed by atoms with E-state index in [1.807, 2.05) is 30.3 Å². The minimum Gasteiger partial charge on any atom is -0.384 e. The van der Waals surface area contributed by atoms with Gasteiger partial charge in [0.05, 0.1) is 12.2 Å². The number of nitrogens with one attached hydrogen (secondary N) is 1. The van der Waals surface area contributed by atoms with E-state index in [0.717, 1.165) is 29.3 Å². The predicted octanol–water partition coefficient (Wildman–Crippen LogP) is 3.09. The Bertz CT molecular complexity index is 513. The van der Waals surface area contributed by atoms with Crippen LogP contribution < -0.4 is 11.1 Å². The number of hydrogen-bond acceptors (Lipinski definition) is 5. The third-order valence-electron chi connectivity index (χ3n) is 2.84. The molecule has 2 rings (SSSR count). The molecular weight excluding hydrogens is 258 g/mol. The van der Waals surface area contributed by atoms with Gasteiger partial charge in [0.2, 0.25) is 0 Å². The van der Waals surface area contributed by atoms with Gasteiger partial charge in [-0.05, 0) is 23.0 Å². The Morgan fingerprint density at radius 3 is 2.79 bits per heavy atom. The van der Waals surface area contributed by atoms with Crippen LogP contribution in [0.5, 0.6) is 0 Å². The van der Waals surface area contributed by atoms with E-state index in [9.17, 15) is 0 Å². The average Bonchev–Trinajstić information content (AvgIpc) is 2.79. The first-order valence-electron chi connectivity index (χ1n) is 6.25. The molecular formula is C14H19N3OS. The minimum atomic E-state index is 0.442. The normalized spacial score (nSPS) is 12.3. The van der Waals surface area contributed by atoms with E-state index in [1.54, 1.807) is 7.11 Å². The van der Waals surface area contributed by atoms with E-state index in [0.29, 0.717) is 11.7 Å². The van der Waals surface area contributed by atoms with Gasteiger partial charge < -0.3 is 15.8 Å². The highest BCUT2D eigenvalue weighted by molar-refractivity contribution is 7.11. The summed E-state index contributed by atoms with van der Waals surface area (Å²) in [7, 11) is 1.72. The molecule has 0 aliphatic rings. The molecule has 1 aromatic carbocycles. The number of ether oxygens (including phenoxy) is 1. The second kappa shape index (κ2) is 6.54. The Hall–Kier alpha value is -1.59. The van der Waals surface area contributed by atoms with Gasteiger partial charge >= 0.3 is 0 Å². The summed E-state index contributed by atoms with van der Waals surface area (Å²) < 4.78 is 9.38. The van der Waals surface area contributed by atoms with Crippen LogP contribution in [0.1, 0.15) is 6.92 Å². The molecule has 0 spiro atoms. The summed E-state index contributed by atoms with van der Waals surface area (Å²) in [5.74, 6) is 1.02. The minimum absolute atomic E-state index is 0.442. The lowest BCUT2D eigenvalue weighted by Gasteiger charge is -2.12. The molecule has 1 unspecified atom stereocenters. The number of nitrogens with zero attached hydrogens (tertiary/aromatic N) is 1. The van der Waals surface area contributed by atoms with E-state index in [2.05, 4.69) is 16.6 Å². The first kappa shape index (κ1) is 13.8. The lowest BCUT2D eigenvalue weighted by molar-refractivity contribution is 0.164. The molecule has 1 heterocycles. The number of rotatable bonds is 6. The van der Waals surface area contributed by atoms with E-state index >= 15 is 0 Å². The first-order valence-corrected chi connectivity index (χ1v) is 7.03.